The molecule has 1 aromatic rings. The summed E-state index contributed by atoms with van der Waals surface area (Å²) in [5.74, 6) is 0.176. The van der Waals surface area contributed by atoms with Crippen LogP contribution in [0.3, 0.4) is 0 Å². The normalized spacial score (nSPS) is 19.3. The van der Waals surface area contributed by atoms with E-state index in [4.69, 9.17) is 0 Å². The van der Waals surface area contributed by atoms with Crippen LogP contribution in [0, 0.1) is 0 Å². The van der Waals surface area contributed by atoms with E-state index in [0.717, 1.165) is 24.1 Å². The van der Waals surface area contributed by atoms with Gasteiger partial charge in [-0.25, -0.2) is 8.42 Å². The molecule has 1 atom stereocenters. The lowest BCUT2D eigenvalue weighted by atomic mass is 10.2. The van der Waals surface area contributed by atoms with Crippen LogP contribution in [0.25, 0.3) is 0 Å². The van der Waals surface area contributed by atoms with Gasteiger partial charge in [0.25, 0.3) is 0 Å². The Kier molecular flexibility index (Phi) is 6.22. The molecule has 1 aromatic carbocycles. The van der Waals surface area contributed by atoms with Crippen LogP contribution in [0.5, 0.6) is 0 Å². The predicted octanol–water partition coefficient (Wildman–Crippen LogP) is 2.30. The van der Waals surface area contributed by atoms with E-state index in [0.29, 0.717) is 17.5 Å². The first-order valence-electron chi connectivity index (χ1n) is 7.45. The molecule has 1 saturated heterocycles. The number of sulfone groups is 1. The molecule has 2 rings (SSSR count). The Balaban J connectivity index is 1.91. The highest BCUT2D eigenvalue weighted by atomic mass is 79.9. The summed E-state index contributed by atoms with van der Waals surface area (Å²) in [6.07, 6.45) is 2.41. The molecule has 0 spiro atoms. The summed E-state index contributed by atoms with van der Waals surface area (Å²) in [5, 5.41) is 3.46. The van der Waals surface area contributed by atoms with Crippen molar-refractivity contribution in [1.29, 1.82) is 0 Å². The topological polar surface area (TPSA) is 49.4 Å². The Labute approximate surface area is 136 Å². The first-order chi connectivity index (χ1) is 10.0. The van der Waals surface area contributed by atoms with Crippen LogP contribution in [-0.2, 0) is 9.84 Å². The van der Waals surface area contributed by atoms with Gasteiger partial charge in [0, 0.05) is 23.6 Å². The molecule has 0 bridgehead atoms. The maximum Gasteiger partial charge on any atom is 0.179 e. The summed E-state index contributed by atoms with van der Waals surface area (Å²) in [4.78, 5) is 2.63. The summed E-state index contributed by atoms with van der Waals surface area (Å²) in [6.45, 7) is 5.58. The zero-order chi connectivity index (χ0) is 15.3. The van der Waals surface area contributed by atoms with Crippen molar-refractivity contribution in [3.05, 3.63) is 28.7 Å². The van der Waals surface area contributed by atoms with Crippen molar-refractivity contribution in [2.24, 2.45) is 0 Å². The van der Waals surface area contributed by atoms with Crippen molar-refractivity contribution in [2.75, 3.05) is 31.9 Å². The third-order valence-electron chi connectivity index (χ3n) is 3.94. The van der Waals surface area contributed by atoms with Crippen LogP contribution in [0.1, 0.15) is 19.8 Å². The van der Waals surface area contributed by atoms with E-state index < -0.39 is 9.84 Å². The molecule has 1 unspecified atom stereocenters. The maximum atomic E-state index is 12.3. The highest BCUT2D eigenvalue weighted by Gasteiger charge is 2.20. The van der Waals surface area contributed by atoms with Crippen molar-refractivity contribution in [3.8, 4) is 0 Å². The van der Waals surface area contributed by atoms with Crippen LogP contribution in [0.4, 0.5) is 0 Å². The quantitative estimate of drug-likeness (QED) is 0.795. The van der Waals surface area contributed by atoms with Gasteiger partial charge in [-0.2, -0.15) is 0 Å². The summed E-state index contributed by atoms with van der Waals surface area (Å²) in [7, 11) is -3.20. The molecule has 4 nitrogen and oxygen atoms in total. The smallest absolute Gasteiger partial charge is 0.179 e. The van der Waals surface area contributed by atoms with Crippen molar-refractivity contribution >= 4 is 25.8 Å². The minimum absolute atomic E-state index is 0.176. The molecule has 1 aliphatic rings. The zero-order valence-corrected chi connectivity index (χ0v) is 14.8. The number of nitrogens with one attached hydrogen (secondary N) is 1. The second-order valence-corrected chi connectivity index (χ2v) is 8.48. The fraction of sp³-hybridized carbons (Fsp3) is 0.600. The molecular weight excluding hydrogens is 352 g/mol. The van der Waals surface area contributed by atoms with E-state index >= 15 is 0 Å². The number of halogens is 1. The molecule has 1 N–H and O–H groups in total. The Hall–Kier alpha value is -0.430. The summed E-state index contributed by atoms with van der Waals surface area (Å²) in [5.41, 5.74) is 0. The number of benzene rings is 1. The molecule has 118 valence electrons. The average Bonchev–Trinajstić information content (AvgIpc) is 2.97. The minimum atomic E-state index is -3.20. The Morgan fingerprint density at radius 2 is 2.05 bits per heavy atom. The van der Waals surface area contributed by atoms with Gasteiger partial charge in [-0.3, -0.25) is 0 Å². The van der Waals surface area contributed by atoms with Crippen LogP contribution >= 0.6 is 15.9 Å². The van der Waals surface area contributed by atoms with E-state index in [9.17, 15) is 8.42 Å². The van der Waals surface area contributed by atoms with Gasteiger partial charge in [-0.05, 0) is 50.2 Å². The fourth-order valence-corrected chi connectivity index (χ4v) is 4.16. The number of rotatable bonds is 7. The lowest BCUT2D eigenvalue weighted by molar-refractivity contribution is 0.275. The molecule has 0 saturated carbocycles. The van der Waals surface area contributed by atoms with Crippen LogP contribution in [0.2, 0.25) is 0 Å². The van der Waals surface area contributed by atoms with Gasteiger partial charge in [-0.15, -0.1) is 0 Å². The number of nitrogens with zero attached hydrogens (tertiary/aromatic N) is 1. The standard InChI is InChI=1S/C15H23BrN2O2S/c1-2-18(12-14-4-3-9-17-14)10-11-21(19,20)15-7-5-13(16)6-8-15/h5-8,14,17H,2-4,9-12H2,1H3. The second-order valence-electron chi connectivity index (χ2n) is 5.46. The number of hydrogen-bond acceptors (Lipinski definition) is 4. The van der Waals surface area contributed by atoms with Crippen molar-refractivity contribution in [2.45, 2.75) is 30.7 Å². The largest absolute Gasteiger partial charge is 0.313 e. The molecule has 6 heteroatoms. The monoisotopic (exact) mass is 374 g/mol. The third-order valence-corrected chi connectivity index (χ3v) is 6.18. The number of hydrogen-bond donors (Lipinski definition) is 1. The summed E-state index contributed by atoms with van der Waals surface area (Å²) in [6, 6.07) is 7.38. The van der Waals surface area contributed by atoms with Crippen molar-refractivity contribution in [1.82, 2.24) is 10.2 Å². The number of likely N-dealkylation sites (N-methyl/N-ethyl adjacent to an activating group) is 1. The molecule has 1 fully saturated rings. The van der Waals surface area contributed by atoms with Gasteiger partial charge in [0.15, 0.2) is 9.84 Å². The van der Waals surface area contributed by atoms with Gasteiger partial charge in [0.2, 0.25) is 0 Å². The van der Waals surface area contributed by atoms with Gasteiger partial charge in [-0.1, -0.05) is 22.9 Å². The lowest BCUT2D eigenvalue weighted by Crippen LogP contribution is -2.39. The summed E-state index contributed by atoms with van der Waals surface area (Å²) < 4.78 is 25.6. The predicted molar refractivity (Wildman–Crippen MR) is 89.3 cm³/mol. The fourth-order valence-electron chi connectivity index (χ4n) is 2.61. The highest BCUT2D eigenvalue weighted by Crippen LogP contribution is 2.16. The van der Waals surface area contributed by atoms with E-state index in [-0.39, 0.29) is 5.75 Å². The van der Waals surface area contributed by atoms with Crippen molar-refractivity contribution in [3.63, 3.8) is 0 Å². The highest BCUT2D eigenvalue weighted by molar-refractivity contribution is 9.10. The van der Waals surface area contributed by atoms with Gasteiger partial charge >= 0.3 is 0 Å². The Bertz CT molecular complexity index is 539. The van der Waals surface area contributed by atoms with Crippen LogP contribution in [-0.4, -0.2) is 51.3 Å². The first kappa shape index (κ1) is 16.9. The van der Waals surface area contributed by atoms with Crippen LogP contribution in [0.15, 0.2) is 33.6 Å². The maximum absolute atomic E-state index is 12.3. The van der Waals surface area contributed by atoms with Gasteiger partial charge < -0.3 is 10.2 Å². The molecule has 1 heterocycles. The zero-order valence-electron chi connectivity index (χ0n) is 12.4. The Morgan fingerprint density at radius 1 is 1.33 bits per heavy atom. The van der Waals surface area contributed by atoms with Crippen LogP contribution < -0.4 is 5.32 Å². The SMILES string of the molecule is CCN(CCS(=O)(=O)c1ccc(Br)cc1)CC1CCCN1. The molecule has 1 aliphatic heterocycles. The molecular formula is C15H23BrN2O2S. The molecule has 0 aromatic heterocycles. The first-order valence-corrected chi connectivity index (χ1v) is 9.90. The molecule has 21 heavy (non-hydrogen) atoms. The molecule has 0 aliphatic carbocycles. The van der Waals surface area contributed by atoms with Crippen molar-refractivity contribution < 1.29 is 8.42 Å². The van der Waals surface area contributed by atoms with Gasteiger partial charge in [0.1, 0.15) is 0 Å². The summed E-state index contributed by atoms with van der Waals surface area (Å²) >= 11 is 3.32. The molecule has 0 amide bonds. The van der Waals surface area contributed by atoms with E-state index in [1.807, 2.05) is 0 Å². The average molecular weight is 375 g/mol. The third kappa shape index (κ3) is 5.06. The molecule has 0 radical (unpaired) electrons. The van der Waals surface area contributed by atoms with E-state index in [1.54, 1.807) is 24.3 Å². The van der Waals surface area contributed by atoms with E-state index in [1.165, 1.54) is 12.8 Å². The van der Waals surface area contributed by atoms with Gasteiger partial charge in [0.05, 0.1) is 10.6 Å². The Morgan fingerprint density at radius 3 is 2.62 bits per heavy atom. The second kappa shape index (κ2) is 7.72. The lowest BCUT2D eigenvalue weighted by Gasteiger charge is -2.24. The van der Waals surface area contributed by atoms with E-state index in [2.05, 4.69) is 33.1 Å². The minimum Gasteiger partial charge on any atom is -0.313 e.